The zero-order valence-corrected chi connectivity index (χ0v) is 20.2. The quantitative estimate of drug-likeness (QED) is 0.366. The number of carbonyl (C=O) groups is 2. The summed E-state index contributed by atoms with van der Waals surface area (Å²) in [5.41, 5.74) is -1.17. The first-order valence-corrected chi connectivity index (χ1v) is 12.8. The van der Waals surface area contributed by atoms with Crippen molar-refractivity contribution in [3.05, 3.63) is 29.6 Å². The molecule has 186 valence electrons. The van der Waals surface area contributed by atoms with Crippen LogP contribution in [0.1, 0.15) is 52.0 Å². The molecule has 1 saturated heterocycles. The third kappa shape index (κ3) is 8.24. The third-order valence-electron chi connectivity index (χ3n) is 5.44. The number of urea groups is 1. The summed E-state index contributed by atoms with van der Waals surface area (Å²) >= 11 is 0. The number of nitrogens with one attached hydrogen (secondary N) is 2. The van der Waals surface area contributed by atoms with Crippen LogP contribution in [-0.2, 0) is 20.4 Å². The van der Waals surface area contributed by atoms with Gasteiger partial charge in [0.05, 0.1) is 12.4 Å². The Hall–Kier alpha value is -2.24. The Morgan fingerprint density at radius 1 is 1.30 bits per heavy atom. The maximum atomic E-state index is 14.1. The second kappa shape index (κ2) is 11.8. The predicted molar refractivity (Wildman–Crippen MR) is 122 cm³/mol. The molecule has 3 N–H and O–H groups in total. The zero-order chi connectivity index (χ0) is 24.6. The van der Waals surface area contributed by atoms with Gasteiger partial charge in [0, 0.05) is 26.1 Å². The van der Waals surface area contributed by atoms with Crippen LogP contribution in [0.4, 0.5) is 9.18 Å². The Balaban J connectivity index is 1.90. The maximum absolute atomic E-state index is 14.1. The fraction of sp³-hybridized carbons (Fsp3) is 0.636. The normalized spacial score (nSPS) is 16.6. The van der Waals surface area contributed by atoms with E-state index in [9.17, 15) is 27.5 Å². The van der Waals surface area contributed by atoms with Gasteiger partial charge in [0.25, 0.3) is 0 Å². The molecular weight excluding hydrogens is 453 g/mol. The number of halogens is 1. The van der Waals surface area contributed by atoms with E-state index >= 15 is 0 Å². The Morgan fingerprint density at radius 3 is 2.67 bits per heavy atom. The van der Waals surface area contributed by atoms with E-state index in [4.69, 9.17) is 4.74 Å². The monoisotopic (exact) mass is 487 g/mol. The largest absolute Gasteiger partial charge is 0.490 e. The van der Waals surface area contributed by atoms with E-state index < -0.39 is 27.5 Å². The molecule has 1 aromatic rings. The lowest BCUT2D eigenvalue weighted by Gasteiger charge is -2.28. The van der Waals surface area contributed by atoms with Crippen LogP contribution in [0.15, 0.2) is 18.2 Å². The molecule has 1 aromatic carbocycles. The number of hydrogen-bond acceptors (Lipinski definition) is 6. The molecule has 2 rings (SSSR count). The van der Waals surface area contributed by atoms with E-state index in [-0.39, 0.29) is 42.7 Å². The Morgan fingerprint density at radius 2 is 2.03 bits per heavy atom. The van der Waals surface area contributed by atoms with E-state index in [1.54, 1.807) is 6.92 Å². The molecule has 1 heterocycles. The zero-order valence-electron chi connectivity index (χ0n) is 19.4. The van der Waals surface area contributed by atoms with Gasteiger partial charge >= 0.3 is 6.03 Å². The highest BCUT2D eigenvalue weighted by molar-refractivity contribution is 7.89. The van der Waals surface area contributed by atoms with Crippen molar-refractivity contribution in [3.63, 3.8) is 0 Å². The van der Waals surface area contributed by atoms with Crippen LogP contribution in [0, 0.1) is 11.7 Å². The van der Waals surface area contributed by atoms with Crippen LogP contribution >= 0.6 is 0 Å². The number of amides is 3. The van der Waals surface area contributed by atoms with E-state index in [0.29, 0.717) is 38.1 Å². The molecule has 0 spiro atoms. The van der Waals surface area contributed by atoms with Crippen molar-refractivity contribution >= 4 is 22.0 Å². The first-order valence-electron chi connectivity index (χ1n) is 11.2. The van der Waals surface area contributed by atoms with Crippen molar-refractivity contribution in [1.82, 2.24) is 14.9 Å². The number of ether oxygens (including phenoxy) is 1. The van der Waals surface area contributed by atoms with Crippen LogP contribution < -0.4 is 14.8 Å². The highest BCUT2D eigenvalue weighted by Gasteiger charge is 2.30. The molecule has 0 radical (unpaired) electrons. The van der Waals surface area contributed by atoms with Crippen molar-refractivity contribution in [1.29, 1.82) is 0 Å². The SMILES string of the molecule is CC[C@@](O)(CNS(=O)(=O)CCCCN1CCC(=O)NC1=O)c1ccc(F)c(OCC(C)C)c1. The molecule has 33 heavy (non-hydrogen) atoms. The van der Waals surface area contributed by atoms with Crippen LogP contribution in [0.2, 0.25) is 0 Å². The third-order valence-corrected chi connectivity index (χ3v) is 6.85. The van der Waals surface area contributed by atoms with Crippen LogP contribution in [0.3, 0.4) is 0 Å². The van der Waals surface area contributed by atoms with E-state index in [2.05, 4.69) is 10.0 Å². The number of benzene rings is 1. The van der Waals surface area contributed by atoms with Gasteiger partial charge < -0.3 is 14.7 Å². The minimum atomic E-state index is -3.69. The highest BCUT2D eigenvalue weighted by Crippen LogP contribution is 2.29. The number of rotatable bonds is 13. The summed E-state index contributed by atoms with van der Waals surface area (Å²) in [6.45, 7) is 6.29. The number of nitrogens with zero attached hydrogens (tertiary/aromatic N) is 1. The first-order chi connectivity index (χ1) is 15.5. The molecule has 9 nitrogen and oxygen atoms in total. The molecule has 1 aliphatic rings. The summed E-state index contributed by atoms with van der Waals surface area (Å²) in [6.07, 6.45) is 1.19. The Bertz CT molecular complexity index is 940. The Labute approximate surface area is 194 Å². The first kappa shape index (κ1) is 27.0. The van der Waals surface area contributed by atoms with E-state index in [1.807, 2.05) is 13.8 Å². The van der Waals surface area contributed by atoms with Gasteiger partial charge in [-0.1, -0.05) is 26.8 Å². The predicted octanol–water partition coefficient (Wildman–Crippen LogP) is 2.10. The van der Waals surface area contributed by atoms with E-state index in [0.717, 1.165) is 0 Å². The fourth-order valence-electron chi connectivity index (χ4n) is 3.30. The van der Waals surface area contributed by atoms with E-state index in [1.165, 1.54) is 23.1 Å². The van der Waals surface area contributed by atoms with Crippen molar-refractivity contribution in [2.45, 2.75) is 52.1 Å². The summed E-state index contributed by atoms with van der Waals surface area (Å²) in [5.74, 6) is -0.833. The van der Waals surface area contributed by atoms with Gasteiger partial charge in [-0.3, -0.25) is 10.1 Å². The van der Waals surface area contributed by atoms with Gasteiger partial charge in [0.2, 0.25) is 15.9 Å². The number of aliphatic hydroxyl groups is 1. The number of carbonyl (C=O) groups excluding carboxylic acids is 2. The highest BCUT2D eigenvalue weighted by atomic mass is 32.2. The molecule has 0 saturated carbocycles. The molecule has 0 aliphatic carbocycles. The van der Waals surface area contributed by atoms with Crippen LogP contribution in [0.25, 0.3) is 0 Å². The van der Waals surface area contributed by atoms with Crippen LogP contribution in [0.5, 0.6) is 5.75 Å². The molecular formula is C22H34FN3O6S. The average Bonchev–Trinajstić information content (AvgIpc) is 2.75. The summed E-state index contributed by atoms with van der Waals surface area (Å²) < 4.78 is 46.9. The average molecular weight is 488 g/mol. The minimum Gasteiger partial charge on any atom is -0.490 e. The standard InChI is InChI=1S/C22H34FN3O6S/c1-4-22(29,17-7-8-18(23)19(13-17)32-14-16(2)3)15-24-33(30,31)12-6-5-10-26-11-9-20(27)25-21(26)28/h7-8,13,16,24,29H,4-6,9-12,14-15H2,1-3H3,(H,25,27,28)/t22-/m1/s1. The lowest BCUT2D eigenvalue weighted by molar-refractivity contribution is -0.121. The Kier molecular flexibility index (Phi) is 9.62. The van der Waals surface area contributed by atoms with Crippen molar-refractivity contribution in [2.75, 3.05) is 32.0 Å². The molecule has 0 unspecified atom stereocenters. The van der Waals surface area contributed by atoms with Gasteiger partial charge in [-0.25, -0.2) is 22.3 Å². The van der Waals surface area contributed by atoms with Crippen LogP contribution in [-0.4, -0.2) is 62.4 Å². The molecule has 0 aromatic heterocycles. The molecule has 0 bridgehead atoms. The molecule has 11 heteroatoms. The minimum absolute atomic E-state index is 0.0133. The van der Waals surface area contributed by atoms with Gasteiger partial charge in [-0.05, 0) is 42.9 Å². The molecule has 1 fully saturated rings. The summed E-state index contributed by atoms with van der Waals surface area (Å²) in [6, 6.07) is 3.56. The topological polar surface area (TPSA) is 125 Å². The number of imide groups is 1. The van der Waals surface area contributed by atoms with Gasteiger partial charge in [-0.2, -0.15) is 0 Å². The number of hydrogen-bond donors (Lipinski definition) is 3. The molecule has 1 atom stereocenters. The summed E-state index contributed by atoms with van der Waals surface area (Å²) in [7, 11) is -3.69. The second-order valence-corrected chi connectivity index (χ2v) is 10.6. The van der Waals surface area contributed by atoms with Crippen molar-refractivity contribution < 1.29 is 32.2 Å². The van der Waals surface area contributed by atoms with Crippen molar-refractivity contribution in [2.24, 2.45) is 5.92 Å². The fourth-order valence-corrected chi connectivity index (χ4v) is 4.49. The molecule has 3 amide bonds. The van der Waals surface area contributed by atoms with Gasteiger partial charge in [-0.15, -0.1) is 0 Å². The molecule has 1 aliphatic heterocycles. The summed E-state index contributed by atoms with van der Waals surface area (Å²) in [5, 5.41) is 13.3. The number of unbranched alkanes of at least 4 members (excludes halogenated alkanes) is 1. The lowest BCUT2D eigenvalue weighted by atomic mass is 9.91. The van der Waals surface area contributed by atoms with Gasteiger partial charge in [0.1, 0.15) is 5.60 Å². The lowest BCUT2D eigenvalue weighted by Crippen LogP contribution is -2.49. The second-order valence-electron chi connectivity index (χ2n) is 8.67. The smallest absolute Gasteiger partial charge is 0.324 e. The number of sulfonamides is 1. The maximum Gasteiger partial charge on any atom is 0.324 e. The van der Waals surface area contributed by atoms with Gasteiger partial charge in [0.15, 0.2) is 11.6 Å². The van der Waals surface area contributed by atoms with Crippen molar-refractivity contribution in [3.8, 4) is 5.75 Å². The summed E-state index contributed by atoms with van der Waals surface area (Å²) in [4.78, 5) is 24.3.